The van der Waals surface area contributed by atoms with Gasteiger partial charge >= 0.3 is 6.03 Å². The fraction of sp³-hybridized carbons (Fsp3) is 0.667. The number of urea groups is 1. The third-order valence-electron chi connectivity index (χ3n) is 5.24. The summed E-state index contributed by atoms with van der Waals surface area (Å²) in [5, 5.41) is 3.23. The third-order valence-corrected chi connectivity index (χ3v) is 5.24. The second-order valence-corrected chi connectivity index (χ2v) is 6.80. The van der Waals surface area contributed by atoms with Gasteiger partial charge in [-0.1, -0.05) is 25.3 Å². The molecule has 2 fully saturated rings. The van der Waals surface area contributed by atoms with E-state index in [2.05, 4.69) is 21.3 Å². The Morgan fingerprint density at radius 1 is 1.17 bits per heavy atom. The minimum Gasteiger partial charge on any atom is -0.356 e. The number of nitrogens with zero attached hydrogens (tertiary/aromatic N) is 3. The molecule has 23 heavy (non-hydrogen) atoms. The summed E-state index contributed by atoms with van der Waals surface area (Å²) < 4.78 is 0. The van der Waals surface area contributed by atoms with Crippen LogP contribution in [0.1, 0.15) is 44.9 Å². The highest BCUT2D eigenvalue weighted by atomic mass is 16.2. The quantitative estimate of drug-likeness (QED) is 0.932. The van der Waals surface area contributed by atoms with Gasteiger partial charge in [-0.05, 0) is 37.8 Å². The van der Waals surface area contributed by atoms with Gasteiger partial charge in [0.2, 0.25) is 0 Å². The van der Waals surface area contributed by atoms with Crippen molar-refractivity contribution in [2.45, 2.75) is 57.0 Å². The second-order valence-electron chi connectivity index (χ2n) is 6.80. The maximum absolute atomic E-state index is 12.5. The zero-order chi connectivity index (χ0) is 16.1. The number of pyridine rings is 1. The van der Waals surface area contributed by atoms with E-state index >= 15 is 0 Å². The van der Waals surface area contributed by atoms with Crippen LogP contribution in [0.25, 0.3) is 0 Å². The molecule has 0 radical (unpaired) electrons. The Bertz CT molecular complexity index is 493. The Labute approximate surface area is 139 Å². The number of carbonyl (C=O) groups excluding carboxylic acids is 1. The number of rotatable bonds is 3. The summed E-state index contributed by atoms with van der Waals surface area (Å²) in [6.45, 7) is 1.91. The summed E-state index contributed by atoms with van der Waals surface area (Å²) in [4.78, 5) is 21.1. The summed E-state index contributed by atoms with van der Waals surface area (Å²) >= 11 is 0. The largest absolute Gasteiger partial charge is 0.356 e. The number of nitrogens with one attached hydrogen (secondary N) is 1. The Kier molecular flexibility index (Phi) is 5.36. The summed E-state index contributed by atoms with van der Waals surface area (Å²) in [7, 11) is 1.95. The van der Waals surface area contributed by atoms with Crippen molar-refractivity contribution in [3.05, 3.63) is 24.4 Å². The Balaban J connectivity index is 1.45. The van der Waals surface area contributed by atoms with Gasteiger partial charge in [-0.15, -0.1) is 0 Å². The maximum atomic E-state index is 12.5. The number of piperidine rings is 1. The first-order valence-electron chi connectivity index (χ1n) is 8.93. The lowest BCUT2D eigenvalue weighted by molar-refractivity contribution is 0.168. The molecule has 0 bridgehead atoms. The Hall–Kier alpha value is -1.78. The van der Waals surface area contributed by atoms with Gasteiger partial charge in [-0.2, -0.15) is 0 Å². The molecule has 2 aliphatic rings. The van der Waals surface area contributed by atoms with Crippen molar-refractivity contribution in [2.24, 2.45) is 0 Å². The van der Waals surface area contributed by atoms with Crippen molar-refractivity contribution >= 4 is 11.8 Å². The van der Waals surface area contributed by atoms with E-state index in [4.69, 9.17) is 0 Å². The van der Waals surface area contributed by atoms with Crippen LogP contribution in [0.4, 0.5) is 10.6 Å². The van der Waals surface area contributed by atoms with Gasteiger partial charge < -0.3 is 15.1 Å². The van der Waals surface area contributed by atoms with Gasteiger partial charge in [-0.25, -0.2) is 9.78 Å². The van der Waals surface area contributed by atoms with E-state index in [9.17, 15) is 4.79 Å². The van der Waals surface area contributed by atoms with Crippen LogP contribution < -0.4 is 10.2 Å². The molecule has 1 N–H and O–H groups in total. The zero-order valence-electron chi connectivity index (χ0n) is 14.1. The standard InChI is InChI=1S/C18H28N4O/c1-21(16-7-3-2-4-8-16)18(23)20-15-10-13-22(14-11-15)17-9-5-6-12-19-17/h5-6,9,12,15-16H,2-4,7-8,10-11,13-14H2,1H3,(H,20,23). The molecule has 3 rings (SSSR count). The van der Waals surface area contributed by atoms with Gasteiger partial charge in [0.15, 0.2) is 0 Å². The van der Waals surface area contributed by atoms with Gasteiger partial charge in [0.05, 0.1) is 0 Å². The predicted octanol–water partition coefficient (Wildman–Crippen LogP) is 3.02. The molecule has 1 saturated carbocycles. The first-order chi connectivity index (χ1) is 11.2. The van der Waals surface area contributed by atoms with Crippen molar-refractivity contribution in [3.8, 4) is 0 Å². The molecule has 1 saturated heterocycles. The summed E-state index contributed by atoms with van der Waals surface area (Å²) in [6, 6.07) is 6.84. The minimum absolute atomic E-state index is 0.105. The smallest absolute Gasteiger partial charge is 0.317 e. The van der Waals surface area contributed by atoms with Crippen LogP contribution in [0.3, 0.4) is 0 Å². The lowest BCUT2D eigenvalue weighted by Gasteiger charge is -2.36. The molecular formula is C18H28N4O. The summed E-state index contributed by atoms with van der Waals surface area (Å²) in [5.74, 6) is 1.04. The number of hydrogen-bond acceptors (Lipinski definition) is 3. The third kappa shape index (κ3) is 4.15. The van der Waals surface area contributed by atoms with Crippen molar-refractivity contribution in [3.63, 3.8) is 0 Å². The van der Waals surface area contributed by atoms with Crippen molar-refractivity contribution in [1.82, 2.24) is 15.2 Å². The van der Waals surface area contributed by atoms with Crippen LogP contribution >= 0.6 is 0 Å². The molecule has 0 atom stereocenters. The van der Waals surface area contributed by atoms with Crippen LogP contribution in [0.15, 0.2) is 24.4 Å². The highest BCUT2D eigenvalue weighted by Crippen LogP contribution is 2.22. The molecule has 5 heteroatoms. The van der Waals surface area contributed by atoms with E-state index in [1.807, 2.05) is 30.3 Å². The van der Waals surface area contributed by atoms with E-state index in [0.717, 1.165) is 44.6 Å². The lowest BCUT2D eigenvalue weighted by atomic mass is 9.95. The molecule has 5 nitrogen and oxygen atoms in total. The molecule has 2 heterocycles. The van der Waals surface area contributed by atoms with Crippen molar-refractivity contribution < 1.29 is 4.79 Å². The first-order valence-corrected chi connectivity index (χ1v) is 8.93. The van der Waals surface area contributed by atoms with Crippen LogP contribution in [0, 0.1) is 0 Å². The van der Waals surface area contributed by atoms with Crippen LogP contribution in [-0.4, -0.2) is 48.1 Å². The molecule has 1 aliphatic carbocycles. The number of hydrogen-bond donors (Lipinski definition) is 1. The Morgan fingerprint density at radius 3 is 2.57 bits per heavy atom. The van der Waals surface area contributed by atoms with Crippen LogP contribution in [-0.2, 0) is 0 Å². The molecule has 1 aliphatic heterocycles. The summed E-state index contributed by atoms with van der Waals surface area (Å²) in [6.07, 6.45) is 9.95. The van der Waals surface area contributed by atoms with Gasteiger partial charge in [0, 0.05) is 38.4 Å². The normalized spacial score (nSPS) is 20.3. The van der Waals surface area contributed by atoms with Crippen molar-refractivity contribution in [1.29, 1.82) is 0 Å². The van der Waals surface area contributed by atoms with E-state index in [1.54, 1.807) is 0 Å². The van der Waals surface area contributed by atoms with Crippen molar-refractivity contribution in [2.75, 3.05) is 25.0 Å². The maximum Gasteiger partial charge on any atom is 0.317 e. The lowest BCUT2D eigenvalue weighted by Crippen LogP contribution is -2.51. The molecule has 0 aromatic carbocycles. The molecule has 126 valence electrons. The fourth-order valence-corrected chi connectivity index (χ4v) is 3.70. The van der Waals surface area contributed by atoms with E-state index in [-0.39, 0.29) is 12.1 Å². The molecule has 2 amide bonds. The van der Waals surface area contributed by atoms with Gasteiger partial charge in [0.25, 0.3) is 0 Å². The van der Waals surface area contributed by atoms with Crippen LogP contribution in [0.5, 0.6) is 0 Å². The van der Waals surface area contributed by atoms with E-state index in [1.165, 1.54) is 19.3 Å². The topological polar surface area (TPSA) is 48.5 Å². The number of carbonyl (C=O) groups is 1. The molecule has 1 aromatic rings. The molecule has 1 aromatic heterocycles. The average molecular weight is 316 g/mol. The highest BCUT2D eigenvalue weighted by Gasteiger charge is 2.26. The monoisotopic (exact) mass is 316 g/mol. The first kappa shape index (κ1) is 16.1. The molecule has 0 spiro atoms. The number of anilines is 1. The predicted molar refractivity (Wildman–Crippen MR) is 92.6 cm³/mol. The Morgan fingerprint density at radius 2 is 1.91 bits per heavy atom. The molecule has 0 unspecified atom stereocenters. The molecular weight excluding hydrogens is 288 g/mol. The van der Waals surface area contributed by atoms with Gasteiger partial charge in [-0.3, -0.25) is 0 Å². The summed E-state index contributed by atoms with van der Waals surface area (Å²) in [5.41, 5.74) is 0. The van der Waals surface area contributed by atoms with Crippen LogP contribution in [0.2, 0.25) is 0 Å². The van der Waals surface area contributed by atoms with Gasteiger partial charge in [0.1, 0.15) is 5.82 Å². The fourth-order valence-electron chi connectivity index (χ4n) is 3.70. The van der Waals surface area contributed by atoms with E-state index < -0.39 is 0 Å². The second kappa shape index (κ2) is 7.66. The number of aromatic nitrogens is 1. The zero-order valence-corrected chi connectivity index (χ0v) is 14.1. The minimum atomic E-state index is 0.105. The number of amides is 2. The highest BCUT2D eigenvalue weighted by molar-refractivity contribution is 5.74. The average Bonchev–Trinajstić information content (AvgIpc) is 2.63. The SMILES string of the molecule is CN(C(=O)NC1CCN(c2ccccn2)CC1)C1CCCCC1. The van der Waals surface area contributed by atoms with E-state index in [0.29, 0.717) is 6.04 Å².